The summed E-state index contributed by atoms with van der Waals surface area (Å²) in [5.74, 6) is -0.693. The first-order valence-corrected chi connectivity index (χ1v) is 7.53. The maximum absolute atomic E-state index is 12.6. The van der Waals surface area contributed by atoms with Gasteiger partial charge in [-0.1, -0.05) is 6.07 Å². The lowest BCUT2D eigenvalue weighted by atomic mass is 10.1. The molecule has 0 radical (unpaired) electrons. The molecule has 1 N–H and O–H groups in total. The standard InChI is InChI=1S/C17H24N2O4/c1-12-5-6-15(11-13(12)2)17(22)19(9-7-16(21)23-4)10-8-18-14(3)20/h5-6,11H,7-10H2,1-4H3,(H,18,20). The van der Waals surface area contributed by atoms with E-state index in [2.05, 4.69) is 10.1 Å². The monoisotopic (exact) mass is 320 g/mol. The Labute approximate surface area is 136 Å². The second kappa shape index (κ2) is 8.92. The van der Waals surface area contributed by atoms with Gasteiger partial charge >= 0.3 is 5.97 Å². The van der Waals surface area contributed by atoms with Crippen molar-refractivity contribution in [3.63, 3.8) is 0 Å². The molecule has 0 atom stereocenters. The minimum Gasteiger partial charge on any atom is -0.469 e. The van der Waals surface area contributed by atoms with Crippen LogP contribution in [0, 0.1) is 13.8 Å². The normalized spacial score (nSPS) is 10.1. The van der Waals surface area contributed by atoms with Gasteiger partial charge in [0, 0.05) is 32.1 Å². The Morgan fingerprint density at radius 3 is 2.39 bits per heavy atom. The SMILES string of the molecule is COC(=O)CCN(CCNC(C)=O)C(=O)c1ccc(C)c(C)c1. The maximum Gasteiger partial charge on any atom is 0.307 e. The lowest BCUT2D eigenvalue weighted by Gasteiger charge is -2.23. The maximum atomic E-state index is 12.6. The van der Waals surface area contributed by atoms with E-state index in [9.17, 15) is 14.4 Å². The molecule has 0 bridgehead atoms. The van der Waals surface area contributed by atoms with Gasteiger partial charge in [-0.2, -0.15) is 0 Å². The Balaban J connectivity index is 2.82. The molecule has 1 aromatic carbocycles. The van der Waals surface area contributed by atoms with E-state index in [-0.39, 0.29) is 30.7 Å². The molecule has 1 aromatic rings. The number of nitrogens with zero attached hydrogens (tertiary/aromatic N) is 1. The fraction of sp³-hybridized carbons (Fsp3) is 0.471. The topological polar surface area (TPSA) is 75.7 Å². The van der Waals surface area contributed by atoms with Crippen LogP contribution in [0.5, 0.6) is 0 Å². The molecule has 0 fully saturated rings. The molecule has 6 heteroatoms. The second-order valence-corrected chi connectivity index (χ2v) is 5.40. The molecular weight excluding hydrogens is 296 g/mol. The van der Waals surface area contributed by atoms with Gasteiger partial charge in [-0.3, -0.25) is 14.4 Å². The Morgan fingerprint density at radius 1 is 1.13 bits per heavy atom. The van der Waals surface area contributed by atoms with Crippen LogP contribution in [0.1, 0.15) is 34.8 Å². The molecule has 0 heterocycles. The fourth-order valence-electron chi connectivity index (χ4n) is 2.07. The van der Waals surface area contributed by atoms with Crippen molar-refractivity contribution in [3.05, 3.63) is 34.9 Å². The predicted molar refractivity (Wildman–Crippen MR) is 87.1 cm³/mol. The average Bonchev–Trinajstić information content (AvgIpc) is 2.51. The fourth-order valence-corrected chi connectivity index (χ4v) is 2.07. The molecule has 23 heavy (non-hydrogen) atoms. The van der Waals surface area contributed by atoms with Gasteiger partial charge in [-0.15, -0.1) is 0 Å². The van der Waals surface area contributed by atoms with E-state index in [4.69, 9.17) is 0 Å². The first-order chi connectivity index (χ1) is 10.8. The third-order valence-corrected chi connectivity index (χ3v) is 3.61. The minimum absolute atomic E-state index is 0.118. The third-order valence-electron chi connectivity index (χ3n) is 3.61. The van der Waals surface area contributed by atoms with Crippen LogP contribution in [0.4, 0.5) is 0 Å². The molecular formula is C17H24N2O4. The van der Waals surface area contributed by atoms with Gasteiger partial charge in [0.1, 0.15) is 0 Å². The van der Waals surface area contributed by atoms with Crippen LogP contribution >= 0.6 is 0 Å². The highest BCUT2D eigenvalue weighted by molar-refractivity contribution is 5.94. The molecule has 6 nitrogen and oxygen atoms in total. The van der Waals surface area contributed by atoms with E-state index in [1.807, 2.05) is 26.0 Å². The van der Waals surface area contributed by atoms with Crippen LogP contribution in [-0.2, 0) is 14.3 Å². The highest BCUT2D eigenvalue weighted by atomic mass is 16.5. The van der Waals surface area contributed by atoms with Gasteiger partial charge in [0.05, 0.1) is 13.5 Å². The third kappa shape index (κ3) is 6.10. The smallest absolute Gasteiger partial charge is 0.307 e. The summed E-state index contributed by atoms with van der Waals surface area (Å²) in [5.41, 5.74) is 2.72. The van der Waals surface area contributed by atoms with Crippen molar-refractivity contribution in [2.45, 2.75) is 27.2 Å². The summed E-state index contributed by atoms with van der Waals surface area (Å²) in [5, 5.41) is 2.66. The van der Waals surface area contributed by atoms with Crippen LogP contribution < -0.4 is 5.32 Å². The number of methoxy groups -OCH3 is 1. The summed E-state index contributed by atoms with van der Waals surface area (Å²) in [7, 11) is 1.31. The van der Waals surface area contributed by atoms with E-state index in [1.165, 1.54) is 14.0 Å². The number of carbonyl (C=O) groups is 3. The van der Waals surface area contributed by atoms with Crippen molar-refractivity contribution in [2.75, 3.05) is 26.7 Å². The zero-order valence-electron chi connectivity index (χ0n) is 14.1. The van der Waals surface area contributed by atoms with Crippen molar-refractivity contribution < 1.29 is 19.1 Å². The van der Waals surface area contributed by atoms with Crippen LogP contribution in [0.15, 0.2) is 18.2 Å². The van der Waals surface area contributed by atoms with Gasteiger partial charge in [0.25, 0.3) is 5.91 Å². The Kier molecular flexibility index (Phi) is 7.25. The number of ether oxygens (including phenoxy) is 1. The summed E-state index contributed by atoms with van der Waals surface area (Å²) >= 11 is 0. The van der Waals surface area contributed by atoms with Crippen LogP contribution in [0.3, 0.4) is 0 Å². The van der Waals surface area contributed by atoms with Crippen molar-refractivity contribution in [1.82, 2.24) is 10.2 Å². The summed E-state index contributed by atoms with van der Waals surface area (Å²) in [4.78, 5) is 36.5. The molecule has 1 rings (SSSR count). The number of hydrogen-bond donors (Lipinski definition) is 1. The number of nitrogens with one attached hydrogen (secondary N) is 1. The van der Waals surface area contributed by atoms with Crippen molar-refractivity contribution >= 4 is 17.8 Å². The first kappa shape index (κ1) is 18.7. The molecule has 0 aliphatic rings. The zero-order chi connectivity index (χ0) is 17.4. The van der Waals surface area contributed by atoms with Crippen molar-refractivity contribution in [2.24, 2.45) is 0 Å². The molecule has 0 spiro atoms. The zero-order valence-corrected chi connectivity index (χ0v) is 14.1. The molecule has 2 amide bonds. The largest absolute Gasteiger partial charge is 0.469 e. The molecule has 0 aliphatic heterocycles. The quantitative estimate of drug-likeness (QED) is 0.772. The van der Waals surface area contributed by atoms with Crippen LogP contribution in [-0.4, -0.2) is 49.4 Å². The second-order valence-electron chi connectivity index (χ2n) is 5.40. The lowest BCUT2D eigenvalue weighted by Crippen LogP contribution is -2.39. The number of rotatable bonds is 7. The number of carbonyl (C=O) groups excluding carboxylic acids is 3. The van der Waals surface area contributed by atoms with Crippen molar-refractivity contribution in [3.8, 4) is 0 Å². The van der Waals surface area contributed by atoms with Crippen LogP contribution in [0.25, 0.3) is 0 Å². The first-order valence-electron chi connectivity index (χ1n) is 7.53. The summed E-state index contributed by atoms with van der Waals surface area (Å²) in [6, 6.07) is 5.50. The highest BCUT2D eigenvalue weighted by Gasteiger charge is 2.17. The van der Waals surface area contributed by atoms with Gasteiger partial charge in [0.2, 0.25) is 5.91 Å². The Morgan fingerprint density at radius 2 is 1.83 bits per heavy atom. The number of amides is 2. The summed E-state index contributed by atoms with van der Waals surface area (Å²) < 4.78 is 4.62. The van der Waals surface area contributed by atoms with Gasteiger partial charge in [0.15, 0.2) is 0 Å². The Bertz CT molecular complexity index is 584. The molecule has 126 valence electrons. The average molecular weight is 320 g/mol. The Hall–Kier alpha value is -2.37. The van der Waals surface area contributed by atoms with E-state index in [1.54, 1.807) is 11.0 Å². The van der Waals surface area contributed by atoms with E-state index in [0.29, 0.717) is 18.7 Å². The molecule has 0 aromatic heterocycles. The minimum atomic E-state index is -0.373. The highest BCUT2D eigenvalue weighted by Crippen LogP contribution is 2.12. The van der Waals surface area contributed by atoms with Gasteiger partial charge < -0.3 is 15.0 Å². The van der Waals surface area contributed by atoms with Crippen molar-refractivity contribution in [1.29, 1.82) is 0 Å². The van der Waals surface area contributed by atoms with Gasteiger partial charge in [-0.25, -0.2) is 0 Å². The van der Waals surface area contributed by atoms with Crippen LogP contribution in [0.2, 0.25) is 0 Å². The summed E-state index contributed by atoms with van der Waals surface area (Å²) in [6.07, 6.45) is 0.118. The van der Waals surface area contributed by atoms with Gasteiger partial charge in [-0.05, 0) is 37.1 Å². The number of hydrogen-bond acceptors (Lipinski definition) is 4. The van der Waals surface area contributed by atoms with E-state index < -0.39 is 0 Å². The molecule has 0 saturated heterocycles. The number of esters is 1. The van der Waals surface area contributed by atoms with E-state index >= 15 is 0 Å². The molecule has 0 unspecified atom stereocenters. The number of aryl methyl sites for hydroxylation is 2. The predicted octanol–water partition coefficient (Wildman–Crippen LogP) is 1.44. The number of benzene rings is 1. The summed E-state index contributed by atoms with van der Waals surface area (Å²) in [6.45, 7) is 6.27. The molecule has 0 saturated carbocycles. The molecule has 0 aliphatic carbocycles. The lowest BCUT2D eigenvalue weighted by molar-refractivity contribution is -0.140. The van der Waals surface area contributed by atoms with E-state index in [0.717, 1.165) is 11.1 Å².